The van der Waals surface area contributed by atoms with Gasteiger partial charge in [-0.3, -0.25) is 4.79 Å². The molecule has 0 aliphatic carbocycles. The van der Waals surface area contributed by atoms with Crippen molar-refractivity contribution in [1.82, 2.24) is 25.1 Å². The first-order valence-electron chi connectivity index (χ1n) is 7.02. The van der Waals surface area contributed by atoms with Gasteiger partial charge in [0.2, 0.25) is 0 Å². The maximum atomic E-state index is 12.1. The zero-order chi connectivity index (χ0) is 16.1. The van der Waals surface area contributed by atoms with Crippen molar-refractivity contribution >= 4 is 17.7 Å². The fourth-order valence-electron chi connectivity index (χ4n) is 1.93. The Hall–Kier alpha value is -2.67. The molecular formula is C16H15N5OS. The first kappa shape index (κ1) is 15.2. The van der Waals surface area contributed by atoms with Gasteiger partial charge >= 0.3 is 0 Å². The number of pyridine rings is 1. The summed E-state index contributed by atoms with van der Waals surface area (Å²) in [7, 11) is 1.84. The van der Waals surface area contributed by atoms with Crippen molar-refractivity contribution in [1.29, 1.82) is 0 Å². The Labute approximate surface area is 138 Å². The Morgan fingerprint density at radius 1 is 1.22 bits per heavy atom. The molecule has 0 bridgehead atoms. The van der Waals surface area contributed by atoms with Crippen LogP contribution in [0.3, 0.4) is 0 Å². The van der Waals surface area contributed by atoms with Crippen LogP contribution in [-0.2, 0) is 13.6 Å². The standard InChI is InChI=1S/C16H15N5OS/c1-21-11-19-20-14(21)10-18-16(22)12-5-7-13(8-6-12)23-15-4-2-3-9-17-15/h2-9,11H,10H2,1H3,(H,18,22). The first-order valence-corrected chi connectivity index (χ1v) is 7.84. The molecule has 2 aromatic heterocycles. The Bertz CT molecular complexity index is 786. The summed E-state index contributed by atoms with van der Waals surface area (Å²) in [6, 6.07) is 13.2. The predicted molar refractivity (Wildman–Crippen MR) is 87.0 cm³/mol. The number of carbonyl (C=O) groups is 1. The molecule has 0 saturated carbocycles. The lowest BCUT2D eigenvalue weighted by Crippen LogP contribution is -2.24. The molecule has 0 spiro atoms. The van der Waals surface area contributed by atoms with Gasteiger partial charge in [0.25, 0.3) is 5.91 Å². The topological polar surface area (TPSA) is 72.7 Å². The summed E-state index contributed by atoms with van der Waals surface area (Å²) < 4.78 is 1.77. The number of nitrogens with one attached hydrogen (secondary N) is 1. The van der Waals surface area contributed by atoms with E-state index in [-0.39, 0.29) is 5.91 Å². The number of hydrogen-bond acceptors (Lipinski definition) is 5. The van der Waals surface area contributed by atoms with Crippen molar-refractivity contribution in [2.75, 3.05) is 0 Å². The largest absolute Gasteiger partial charge is 0.345 e. The molecule has 0 fully saturated rings. The van der Waals surface area contributed by atoms with Gasteiger partial charge in [0.15, 0.2) is 5.82 Å². The minimum Gasteiger partial charge on any atom is -0.345 e. The highest BCUT2D eigenvalue weighted by Crippen LogP contribution is 2.25. The molecule has 0 radical (unpaired) electrons. The number of hydrogen-bond donors (Lipinski definition) is 1. The van der Waals surface area contributed by atoms with E-state index in [0.29, 0.717) is 17.9 Å². The minimum atomic E-state index is -0.137. The SMILES string of the molecule is Cn1cnnc1CNC(=O)c1ccc(Sc2ccccn2)cc1. The molecular weight excluding hydrogens is 310 g/mol. The van der Waals surface area contributed by atoms with Gasteiger partial charge in [-0.2, -0.15) is 0 Å². The molecule has 0 aliphatic rings. The Kier molecular flexibility index (Phi) is 4.68. The Balaban J connectivity index is 1.60. The lowest BCUT2D eigenvalue weighted by Gasteiger charge is -2.06. The molecule has 0 saturated heterocycles. The van der Waals surface area contributed by atoms with Crippen molar-refractivity contribution in [3.8, 4) is 0 Å². The van der Waals surface area contributed by atoms with Crippen molar-refractivity contribution < 1.29 is 4.79 Å². The van der Waals surface area contributed by atoms with E-state index in [4.69, 9.17) is 0 Å². The van der Waals surface area contributed by atoms with Gasteiger partial charge in [-0.15, -0.1) is 10.2 Å². The second kappa shape index (κ2) is 7.06. The molecule has 1 aromatic carbocycles. The summed E-state index contributed by atoms with van der Waals surface area (Å²) in [6.45, 7) is 0.347. The van der Waals surface area contributed by atoms with Gasteiger partial charge < -0.3 is 9.88 Å². The summed E-state index contributed by atoms with van der Waals surface area (Å²) in [6.07, 6.45) is 3.36. The van der Waals surface area contributed by atoms with Crippen molar-refractivity contribution in [2.24, 2.45) is 7.05 Å². The van der Waals surface area contributed by atoms with Crippen molar-refractivity contribution in [3.05, 3.63) is 66.4 Å². The maximum absolute atomic E-state index is 12.1. The van der Waals surface area contributed by atoms with Crippen LogP contribution in [0.15, 0.2) is 64.9 Å². The highest BCUT2D eigenvalue weighted by Gasteiger charge is 2.08. The zero-order valence-corrected chi connectivity index (χ0v) is 13.3. The van der Waals surface area contributed by atoms with Crippen LogP contribution in [0.5, 0.6) is 0 Å². The number of benzene rings is 1. The molecule has 23 heavy (non-hydrogen) atoms. The van der Waals surface area contributed by atoms with Crippen LogP contribution in [0.4, 0.5) is 0 Å². The maximum Gasteiger partial charge on any atom is 0.251 e. The molecule has 1 N–H and O–H groups in total. The van der Waals surface area contributed by atoms with Crippen LogP contribution in [0.2, 0.25) is 0 Å². The van der Waals surface area contributed by atoms with E-state index in [1.807, 2.05) is 37.4 Å². The lowest BCUT2D eigenvalue weighted by atomic mass is 10.2. The monoisotopic (exact) mass is 325 g/mol. The van der Waals surface area contributed by atoms with Gasteiger partial charge in [0.05, 0.1) is 6.54 Å². The van der Waals surface area contributed by atoms with Gasteiger partial charge in [-0.1, -0.05) is 17.8 Å². The lowest BCUT2D eigenvalue weighted by molar-refractivity contribution is 0.0949. The number of nitrogens with zero attached hydrogens (tertiary/aromatic N) is 4. The number of aromatic nitrogens is 4. The normalized spacial score (nSPS) is 10.5. The van der Waals surface area contributed by atoms with Crippen LogP contribution in [-0.4, -0.2) is 25.7 Å². The predicted octanol–water partition coefficient (Wildman–Crippen LogP) is 2.29. The molecule has 6 nitrogen and oxygen atoms in total. The fraction of sp³-hybridized carbons (Fsp3) is 0.125. The van der Waals surface area contributed by atoms with Crippen LogP contribution < -0.4 is 5.32 Å². The highest BCUT2D eigenvalue weighted by atomic mass is 32.2. The van der Waals surface area contributed by atoms with E-state index in [1.54, 1.807) is 41.0 Å². The van der Waals surface area contributed by atoms with Crippen molar-refractivity contribution in [3.63, 3.8) is 0 Å². The molecule has 3 aromatic rings. The second-order valence-electron chi connectivity index (χ2n) is 4.84. The fourth-order valence-corrected chi connectivity index (χ4v) is 2.70. The smallest absolute Gasteiger partial charge is 0.251 e. The van der Waals surface area contributed by atoms with E-state index in [1.165, 1.54) is 0 Å². The van der Waals surface area contributed by atoms with E-state index < -0.39 is 0 Å². The second-order valence-corrected chi connectivity index (χ2v) is 5.93. The average molecular weight is 325 g/mol. The van der Waals surface area contributed by atoms with Crippen LogP contribution in [0.1, 0.15) is 16.2 Å². The summed E-state index contributed by atoms with van der Waals surface area (Å²) in [5.74, 6) is 0.572. The minimum absolute atomic E-state index is 0.137. The molecule has 0 unspecified atom stereocenters. The van der Waals surface area contributed by atoms with E-state index >= 15 is 0 Å². The van der Waals surface area contributed by atoms with Gasteiger partial charge in [-0.05, 0) is 36.4 Å². The third-order valence-corrected chi connectivity index (χ3v) is 4.15. The Morgan fingerprint density at radius 2 is 2.04 bits per heavy atom. The molecule has 1 amide bonds. The molecule has 7 heteroatoms. The van der Waals surface area contributed by atoms with E-state index in [9.17, 15) is 4.79 Å². The van der Waals surface area contributed by atoms with Gasteiger partial charge in [0.1, 0.15) is 11.4 Å². The summed E-state index contributed by atoms with van der Waals surface area (Å²) in [5, 5.41) is 11.5. The molecule has 116 valence electrons. The average Bonchev–Trinajstić information content (AvgIpc) is 2.99. The van der Waals surface area contributed by atoms with E-state index in [0.717, 1.165) is 9.92 Å². The highest BCUT2D eigenvalue weighted by molar-refractivity contribution is 7.99. The quantitative estimate of drug-likeness (QED) is 0.779. The number of aryl methyl sites for hydroxylation is 1. The van der Waals surface area contributed by atoms with Gasteiger partial charge in [-0.25, -0.2) is 4.98 Å². The van der Waals surface area contributed by atoms with Crippen molar-refractivity contribution in [2.45, 2.75) is 16.5 Å². The van der Waals surface area contributed by atoms with Gasteiger partial charge in [0, 0.05) is 23.7 Å². The zero-order valence-electron chi connectivity index (χ0n) is 12.5. The Morgan fingerprint density at radius 3 is 2.70 bits per heavy atom. The van der Waals surface area contributed by atoms with E-state index in [2.05, 4.69) is 20.5 Å². The van der Waals surface area contributed by atoms with Crippen LogP contribution >= 0.6 is 11.8 Å². The number of rotatable bonds is 5. The first-order chi connectivity index (χ1) is 11.2. The van der Waals surface area contributed by atoms with Crippen LogP contribution in [0.25, 0.3) is 0 Å². The molecule has 0 aliphatic heterocycles. The third-order valence-electron chi connectivity index (χ3n) is 3.19. The molecule has 2 heterocycles. The molecule has 0 atom stereocenters. The summed E-state index contributed by atoms with van der Waals surface area (Å²) in [5.41, 5.74) is 0.609. The summed E-state index contributed by atoms with van der Waals surface area (Å²) >= 11 is 1.56. The number of amides is 1. The third kappa shape index (κ3) is 3.95. The molecule has 3 rings (SSSR count). The summed E-state index contributed by atoms with van der Waals surface area (Å²) in [4.78, 5) is 17.4. The van der Waals surface area contributed by atoms with Crippen LogP contribution in [0, 0.1) is 0 Å². The number of carbonyl (C=O) groups excluding carboxylic acids is 1.